The molecule has 2 aromatic rings. The van der Waals surface area contributed by atoms with Crippen molar-refractivity contribution < 1.29 is 18.7 Å². The molecule has 1 unspecified atom stereocenters. The second-order valence-electron chi connectivity index (χ2n) is 5.62. The molecule has 6 heteroatoms. The Balaban J connectivity index is 1.74. The van der Waals surface area contributed by atoms with E-state index in [1.165, 1.54) is 12.1 Å². The molecule has 3 N–H and O–H groups in total. The van der Waals surface area contributed by atoms with Gasteiger partial charge in [0.2, 0.25) is 11.8 Å². The lowest BCUT2D eigenvalue weighted by Gasteiger charge is -2.15. The molecule has 0 bridgehead atoms. The van der Waals surface area contributed by atoms with Crippen molar-refractivity contribution in [2.45, 2.75) is 25.3 Å². The molecular formula is C19H21FN2O3. The first-order valence-electron chi connectivity index (χ1n) is 8.05. The Morgan fingerprint density at radius 2 is 1.88 bits per heavy atom. The molecule has 0 aliphatic heterocycles. The Morgan fingerprint density at radius 3 is 2.56 bits per heavy atom. The van der Waals surface area contributed by atoms with Crippen molar-refractivity contribution in [3.05, 3.63) is 66.0 Å². The quantitative estimate of drug-likeness (QED) is 0.684. The molecule has 2 amide bonds. The summed E-state index contributed by atoms with van der Waals surface area (Å²) in [5, 5.41) is 2.64. The van der Waals surface area contributed by atoms with Gasteiger partial charge in [-0.15, -0.1) is 0 Å². The molecule has 1 atom stereocenters. The summed E-state index contributed by atoms with van der Waals surface area (Å²) in [6, 6.07) is 14.4. The number of primary amides is 1. The van der Waals surface area contributed by atoms with Gasteiger partial charge in [-0.05, 0) is 24.1 Å². The van der Waals surface area contributed by atoms with Crippen LogP contribution in [0.1, 0.15) is 18.4 Å². The Labute approximate surface area is 146 Å². The molecular weight excluding hydrogens is 323 g/mol. The normalized spacial score (nSPS) is 11.6. The van der Waals surface area contributed by atoms with Crippen molar-refractivity contribution in [1.29, 1.82) is 0 Å². The SMILES string of the molecule is NC(=O)C(Cc1ccccc1)NC(=O)CCCOc1cccc(F)c1. The van der Waals surface area contributed by atoms with Crippen molar-refractivity contribution in [2.75, 3.05) is 6.61 Å². The molecule has 5 nitrogen and oxygen atoms in total. The number of nitrogens with two attached hydrogens (primary N) is 1. The fourth-order valence-corrected chi connectivity index (χ4v) is 2.32. The fraction of sp³-hybridized carbons (Fsp3) is 0.263. The average Bonchev–Trinajstić information content (AvgIpc) is 2.59. The second-order valence-corrected chi connectivity index (χ2v) is 5.62. The zero-order valence-corrected chi connectivity index (χ0v) is 13.8. The van der Waals surface area contributed by atoms with E-state index in [0.29, 0.717) is 18.6 Å². The molecule has 25 heavy (non-hydrogen) atoms. The van der Waals surface area contributed by atoms with Gasteiger partial charge in [-0.3, -0.25) is 9.59 Å². The number of amides is 2. The lowest BCUT2D eigenvalue weighted by Crippen LogP contribution is -2.45. The summed E-state index contributed by atoms with van der Waals surface area (Å²) in [6.45, 7) is 0.275. The molecule has 0 radical (unpaired) electrons. The maximum atomic E-state index is 13.0. The second kappa shape index (κ2) is 9.42. The van der Waals surface area contributed by atoms with Crippen LogP contribution in [0.3, 0.4) is 0 Å². The highest BCUT2D eigenvalue weighted by Gasteiger charge is 2.18. The van der Waals surface area contributed by atoms with Crippen LogP contribution in [0.4, 0.5) is 4.39 Å². The Bertz CT molecular complexity index is 707. The summed E-state index contributed by atoms with van der Waals surface area (Å²) >= 11 is 0. The van der Waals surface area contributed by atoms with Crippen LogP contribution in [0, 0.1) is 5.82 Å². The summed E-state index contributed by atoms with van der Waals surface area (Å²) in [5.41, 5.74) is 6.28. The third-order valence-corrected chi connectivity index (χ3v) is 3.57. The van der Waals surface area contributed by atoms with Crippen LogP contribution in [-0.2, 0) is 16.0 Å². The predicted molar refractivity (Wildman–Crippen MR) is 92.4 cm³/mol. The van der Waals surface area contributed by atoms with E-state index >= 15 is 0 Å². The largest absolute Gasteiger partial charge is 0.493 e. The zero-order chi connectivity index (χ0) is 18.1. The lowest BCUT2D eigenvalue weighted by molar-refractivity contribution is -0.127. The molecule has 2 aromatic carbocycles. The monoisotopic (exact) mass is 344 g/mol. The van der Waals surface area contributed by atoms with E-state index in [0.717, 1.165) is 5.56 Å². The maximum Gasteiger partial charge on any atom is 0.240 e. The smallest absolute Gasteiger partial charge is 0.240 e. The Morgan fingerprint density at radius 1 is 1.12 bits per heavy atom. The number of benzene rings is 2. The number of halogens is 1. The molecule has 0 aliphatic rings. The number of hydrogen-bond acceptors (Lipinski definition) is 3. The van der Waals surface area contributed by atoms with Gasteiger partial charge in [0, 0.05) is 18.9 Å². The van der Waals surface area contributed by atoms with E-state index < -0.39 is 11.9 Å². The van der Waals surface area contributed by atoms with Crippen molar-refractivity contribution >= 4 is 11.8 Å². The highest BCUT2D eigenvalue weighted by Crippen LogP contribution is 2.12. The first kappa shape index (κ1) is 18.4. The highest BCUT2D eigenvalue weighted by molar-refractivity contribution is 5.86. The van der Waals surface area contributed by atoms with Gasteiger partial charge in [0.15, 0.2) is 0 Å². The third kappa shape index (κ3) is 6.63. The fourth-order valence-electron chi connectivity index (χ4n) is 2.32. The topological polar surface area (TPSA) is 81.4 Å². The molecule has 0 saturated carbocycles. The van der Waals surface area contributed by atoms with E-state index in [9.17, 15) is 14.0 Å². The van der Waals surface area contributed by atoms with Crippen LogP contribution in [0.15, 0.2) is 54.6 Å². The van der Waals surface area contributed by atoms with Gasteiger partial charge in [-0.2, -0.15) is 0 Å². The number of carbonyl (C=O) groups is 2. The van der Waals surface area contributed by atoms with Gasteiger partial charge < -0.3 is 15.8 Å². The Hall–Kier alpha value is -2.89. The van der Waals surface area contributed by atoms with Gasteiger partial charge in [0.25, 0.3) is 0 Å². The number of ether oxygens (including phenoxy) is 1. The standard InChI is InChI=1S/C19H21FN2O3/c20-15-8-4-9-16(13-15)25-11-5-10-18(23)22-17(19(21)24)12-14-6-2-1-3-7-14/h1-4,6-9,13,17H,5,10-12H2,(H2,21,24)(H,22,23). The predicted octanol–water partition coefficient (Wildman–Crippen LogP) is 2.20. The van der Waals surface area contributed by atoms with Gasteiger partial charge in [-0.25, -0.2) is 4.39 Å². The average molecular weight is 344 g/mol. The summed E-state index contributed by atoms with van der Waals surface area (Å²) in [6.07, 6.45) is 0.981. The molecule has 132 valence electrons. The van der Waals surface area contributed by atoms with E-state index in [1.807, 2.05) is 30.3 Å². The summed E-state index contributed by atoms with van der Waals surface area (Å²) in [4.78, 5) is 23.5. The first-order valence-corrected chi connectivity index (χ1v) is 8.05. The van der Waals surface area contributed by atoms with Gasteiger partial charge >= 0.3 is 0 Å². The minimum Gasteiger partial charge on any atom is -0.493 e. The molecule has 0 aliphatic carbocycles. The maximum absolute atomic E-state index is 13.0. The summed E-state index contributed by atoms with van der Waals surface area (Å²) in [5.74, 6) is -0.809. The van der Waals surface area contributed by atoms with Gasteiger partial charge in [0.05, 0.1) is 6.61 Å². The van der Waals surface area contributed by atoms with Crippen molar-refractivity contribution in [3.8, 4) is 5.75 Å². The number of carbonyl (C=O) groups excluding carboxylic acids is 2. The molecule has 0 spiro atoms. The molecule has 0 fully saturated rings. The number of nitrogens with one attached hydrogen (secondary N) is 1. The molecule has 2 rings (SSSR count). The van der Waals surface area contributed by atoms with E-state index in [1.54, 1.807) is 12.1 Å². The van der Waals surface area contributed by atoms with Crippen LogP contribution in [0.5, 0.6) is 5.75 Å². The van der Waals surface area contributed by atoms with Crippen LogP contribution >= 0.6 is 0 Å². The number of hydrogen-bond donors (Lipinski definition) is 2. The Kier molecular flexibility index (Phi) is 6.95. The number of rotatable bonds is 9. The molecule has 0 heterocycles. The van der Waals surface area contributed by atoms with Crippen LogP contribution in [-0.4, -0.2) is 24.5 Å². The third-order valence-electron chi connectivity index (χ3n) is 3.57. The van der Waals surface area contributed by atoms with Crippen molar-refractivity contribution in [2.24, 2.45) is 5.73 Å². The lowest BCUT2D eigenvalue weighted by atomic mass is 10.1. The van der Waals surface area contributed by atoms with Crippen LogP contribution in [0.25, 0.3) is 0 Å². The summed E-state index contributed by atoms with van der Waals surface area (Å²) < 4.78 is 18.4. The van der Waals surface area contributed by atoms with Crippen molar-refractivity contribution in [1.82, 2.24) is 5.32 Å². The minimum atomic E-state index is -0.751. The minimum absolute atomic E-state index is 0.188. The van der Waals surface area contributed by atoms with Crippen LogP contribution in [0.2, 0.25) is 0 Å². The summed E-state index contributed by atoms with van der Waals surface area (Å²) in [7, 11) is 0. The first-order chi connectivity index (χ1) is 12.0. The van der Waals surface area contributed by atoms with Gasteiger partial charge in [0.1, 0.15) is 17.6 Å². The van der Waals surface area contributed by atoms with Gasteiger partial charge in [-0.1, -0.05) is 36.4 Å². The van der Waals surface area contributed by atoms with E-state index in [2.05, 4.69) is 5.32 Å². The van der Waals surface area contributed by atoms with E-state index in [4.69, 9.17) is 10.5 Å². The van der Waals surface area contributed by atoms with E-state index in [-0.39, 0.29) is 24.8 Å². The van der Waals surface area contributed by atoms with Crippen molar-refractivity contribution in [3.63, 3.8) is 0 Å². The molecule has 0 saturated heterocycles. The van der Waals surface area contributed by atoms with Crippen LogP contribution < -0.4 is 15.8 Å². The molecule has 0 aromatic heterocycles. The zero-order valence-electron chi connectivity index (χ0n) is 13.8. The highest BCUT2D eigenvalue weighted by atomic mass is 19.1.